The molecule has 1 fully saturated rings. The van der Waals surface area contributed by atoms with Crippen LogP contribution in [-0.2, 0) is 14.3 Å². The van der Waals surface area contributed by atoms with Crippen molar-refractivity contribution in [3.63, 3.8) is 0 Å². The highest BCUT2D eigenvalue weighted by Gasteiger charge is 2.20. The van der Waals surface area contributed by atoms with Gasteiger partial charge in [-0.15, -0.1) is 0 Å². The Hall–Kier alpha value is -1.06. The molecule has 1 amide bonds. The molecule has 0 unspecified atom stereocenters. The summed E-state index contributed by atoms with van der Waals surface area (Å²) >= 11 is 0. The van der Waals surface area contributed by atoms with Crippen molar-refractivity contribution in [3.8, 4) is 0 Å². The number of carbonyl (C=O) groups is 1. The van der Waals surface area contributed by atoms with Gasteiger partial charge in [-0.1, -0.05) is 0 Å². The number of likely N-dealkylation sites (tertiary alicyclic amines) is 1. The quantitative estimate of drug-likeness (QED) is 0.635. The van der Waals surface area contributed by atoms with E-state index >= 15 is 0 Å². The number of ether oxygens (including phenoxy) is 1. The summed E-state index contributed by atoms with van der Waals surface area (Å²) in [6.45, 7) is 5.00. The first-order chi connectivity index (χ1) is 6.24. The SMILES string of the molecule is CC(=O)N1CCC(CO[C]=O)CC1. The second kappa shape index (κ2) is 4.84. The molecule has 1 rings (SSSR count). The summed E-state index contributed by atoms with van der Waals surface area (Å²) in [4.78, 5) is 22.6. The molecular weight excluding hydrogens is 170 g/mol. The van der Waals surface area contributed by atoms with Crippen molar-refractivity contribution in [2.45, 2.75) is 19.8 Å². The van der Waals surface area contributed by atoms with Gasteiger partial charge < -0.3 is 9.64 Å². The maximum atomic E-state index is 11.0. The molecule has 1 heterocycles. The Morgan fingerprint density at radius 2 is 2.15 bits per heavy atom. The molecule has 0 aromatic carbocycles. The molecule has 0 bridgehead atoms. The fourth-order valence-electron chi connectivity index (χ4n) is 1.57. The van der Waals surface area contributed by atoms with Crippen molar-refractivity contribution in [2.75, 3.05) is 19.7 Å². The molecular formula is C9H14NO3. The zero-order valence-corrected chi connectivity index (χ0v) is 7.78. The van der Waals surface area contributed by atoms with Crippen molar-refractivity contribution in [1.82, 2.24) is 4.90 Å². The third-order valence-corrected chi connectivity index (χ3v) is 2.44. The maximum Gasteiger partial charge on any atom is 0.417 e. The minimum atomic E-state index is 0.126. The van der Waals surface area contributed by atoms with Crippen molar-refractivity contribution in [1.29, 1.82) is 0 Å². The summed E-state index contributed by atoms with van der Waals surface area (Å²) in [6.07, 6.45) is 1.84. The lowest BCUT2D eigenvalue weighted by atomic mass is 9.98. The topological polar surface area (TPSA) is 46.6 Å². The van der Waals surface area contributed by atoms with Crippen LogP contribution >= 0.6 is 0 Å². The zero-order valence-electron chi connectivity index (χ0n) is 7.78. The van der Waals surface area contributed by atoms with Gasteiger partial charge in [0.1, 0.15) is 0 Å². The van der Waals surface area contributed by atoms with Gasteiger partial charge in [0.2, 0.25) is 5.91 Å². The van der Waals surface area contributed by atoms with Crippen molar-refractivity contribution in [2.24, 2.45) is 5.92 Å². The summed E-state index contributed by atoms with van der Waals surface area (Å²) in [5.41, 5.74) is 0. The summed E-state index contributed by atoms with van der Waals surface area (Å²) in [5, 5.41) is 0. The van der Waals surface area contributed by atoms with E-state index in [0.29, 0.717) is 12.5 Å². The molecule has 1 radical (unpaired) electrons. The molecule has 1 saturated heterocycles. The van der Waals surface area contributed by atoms with Crippen molar-refractivity contribution < 1.29 is 14.3 Å². The number of hydrogen-bond acceptors (Lipinski definition) is 3. The van der Waals surface area contributed by atoms with Crippen LogP contribution in [0, 0.1) is 5.92 Å². The van der Waals surface area contributed by atoms with E-state index < -0.39 is 0 Å². The fraction of sp³-hybridized carbons (Fsp3) is 0.778. The number of carbonyl (C=O) groups excluding carboxylic acids is 2. The summed E-state index contributed by atoms with van der Waals surface area (Å²) in [6, 6.07) is 0. The predicted molar refractivity (Wildman–Crippen MR) is 46.6 cm³/mol. The van der Waals surface area contributed by atoms with Crippen LogP contribution in [0.5, 0.6) is 0 Å². The Bertz CT molecular complexity index is 185. The van der Waals surface area contributed by atoms with Gasteiger partial charge in [0, 0.05) is 20.0 Å². The minimum absolute atomic E-state index is 0.126. The molecule has 4 heteroatoms. The van der Waals surface area contributed by atoms with Crippen LogP contribution in [0.1, 0.15) is 19.8 Å². The minimum Gasteiger partial charge on any atom is -0.457 e. The van der Waals surface area contributed by atoms with Crippen LogP contribution < -0.4 is 0 Å². The van der Waals surface area contributed by atoms with Crippen LogP contribution in [0.15, 0.2) is 0 Å². The molecule has 0 spiro atoms. The third-order valence-electron chi connectivity index (χ3n) is 2.44. The standard InChI is InChI=1S/C9H14NO3/c1-8(12)10-4-2-9(3-5-10)6-13-7-11/h9H,2-6H2,1H3. The monoisotopic (exact) mass is 184 g/mol. The van der Waals surface area contributed by atoms with Gasteiger partial charge in [0.05, 0.1) is 6.61 Å². The Morgan fingerprint density at radius 1 is 1.54 bits per heavy atom. The molecule has 0 aromatic heterocycles. The summed E-state index contributed by atoms with van der Waals surface area (Å²) in [5.74, 6) is 0.526. The van der Waals surface area contributed by atoms with Crippen LogP contribution in [0.4, 0.5) is 0 Å². The summed E-state index contributed by atoms with van der Waals surface area (Å²) < 4.78 is 4.56. The highest BCUT2D eigenvalue weighted by atomic mass is 16.5. The lowest BCUT2D eigenvalue weighted by molar-refractivity contribution is -0.130. The highest BCUT2D eigenvalue weighted by Crippen LogP contribution is 2.16. The van der Waals surface area contributed by atoms with E-state index in [0.717, 1.165) is 25.9 Å². The number of rotatable bonds is 3. The Balaban J connectivity index is 2.22. The molecule has 0 aromatic rings. The zero-order chi connectivity index (χ0) is 9.68. The smallest absolute Gasteiger partial charge is 0.417 e. The molecule has 0 aliphatic carbocycles. The highest BCUT2D eigenvalue weighted by molar-refractivity contribution is 5.73. The lowest BCUT2D eigenvalue weighted by Crippen LogP contribution is -2.38. The van der Waals surface area contributed by atoms with E-state index in [1.807, 2.05) is 4.90 Å². The van der Waals surface area contributed by atoms with Crippen molar-refractivity contribution >= 4 is 12.4 Å². The van der Waals surface area contributed by atoms with E-state index in [-0.39, 0.29) is 5.91 Å². The fourth-order valence-corrected chi connectivity index (χ4v) is 1.57. The number of nitrogens with zero attached hydrogens (tertiary/aromatic N) is 1. The van der Waals surface area contributed by atoms with Crippen molar-refractivity contribution in [3.05, 3.63) is 0 Å². The Kier molecular flexibility index (Phi) is 3.73. The average molecular weight is 184 g/mol. The number of hydrogen-bond donors (Lipinski definition) is 0. The van der Waals surface area contributed by atoms with Crippen LogP contribution in [-0.4, -0.2) is 37.0 Å². The molecule has 73 valence electrons. The molecule has 0 N–H and O–H groups in total. The van der Waals surface area contributed by atoms with E-state index in [1.165, 1.54) is 6.47 Å². The number of piperidine rings is 1. The molecule has 1 aliphatic heterocycles. The largest absolute Gasteiger partial charge is 0.457 e. The molecule has 0 atom stereocenters. The van der Waals surface area contributed by atoms with Gasteiger partial charge in [-0.25, -0.2) is 4.79 Å². The van der Waals surface area contributed by atoms with E-state index in [1.54, 1.807) is 6.92 Å². The first kappa shape index (κ1) is 10.0. The van der Waals surface area contributed by atoms with Gasteiger partial charge in [-0.3, -0.25) is 4.79 Å². The lowest BCUT2D eigenvalue weighted by Gasteiger charge is -2.30. The molecule has 13 heavy (non-hydrogen) atoms. The van der Waals surface area contributed by atoms with E-state index in [4.69, 9.17) is 0 Å². The molecule has 0 saturated carbocycles. The van der Waals surface area contributed by atoms with Crippen LogP contribution in [0.2, 0.25) is 0 Å². The first-order valence-electron chi connectivity index (χ1n) is 4.48. The van der Waals surface area contributed by atoms with Crippen LogP contribution in [0.3, 0.4) is 0 Å². The van der Waals surface area contributed by atoms with Gasteiger partial charge in [-0.2, -0.15) is 0 Å². The van der Waals surface area contributed by atoms with E-state index in [9.17, 15) is 9.59 Å². The molecule has 1 aliphatic rings. The third kappa shape index (κ3) is 3.05. The average Bonchev–Trinajstić information content (AvgIpc) is 2.15. The normalized spacial score (nSPS) is 18.4. The van der Waals surface area contributed by atoms with Crippen LogP contribution in [0.25, 0.3) is 0 Å². The van der Waals surface area contributed by atoms with Gasteiger partial charge in [0.15, 0.2) is 0 Å². The van der Waals surface area contributed by atoms with Gasteiger partial charge in [-0.05, 0) is 18.8 Å². The summed E-state index contributed by atoms with van der Waals surface area (Å²) in [7, 11) is 0. The Morgan fingerprint density at radius 3 is 2.62 bits per heavy atom. The second-order valence-electron chi connectivity index (χ2n) is 3.34. The number of amides is 1. The van der Waals surface area contributed by atoms with Gasteiger partial charge >= 0.3 is 6.47 Å². The van der Waals surface area contributed by atoms with Gasteiger partial charge in [0.25, 0.3) is 0 Å². The van der Waals surface area contributed by atoms with E-state index in [2.05, 4.69) is 4.74 Å². The molecule has 4 nitrogen and oxygen atoms in total. The maximum absolute atomic E-state index is 11.0. The second-order valence-corrected chi connectivity index (χ2v) is 3.34. The predicted octanol–water partition coefficient (Wildman–Crippen LogP) is 0.329. The Labute approximate surface area is 77.8 Å². The first-order valence-corrected chi connectivity index (χ1v) is 4.48.